The molecule has 8 nitrogen and oxygen atoms in total. The van der Waals surface area contributed by atoms with Gasteiger partial charge in [-0.25, -0.2) is 4.68 Å². The van der Waals surface area contributed by atoms with Gasteiger partial charge < -0.3 is 23.6 Å². The smallest absolute Gasteiger partial charge is 0.261 e. The van der Waals surface area contributed by atoms with Gasteiger partial charge in [-0.2, -0.15) is 5.10 Å². The molecular formula is C50H76N4O4Si3. The molecule has 61 heavy (non-hydrogen) atoms. The highest BCUT2D eigenvalue weighted by Crippen LogP contribution is 2.41. The Morgan fingerprint density at radius 2 is 1.39 bits per heavy atom. The van der Waals surface area contributed by atoms with Crippen LogP contribution in [-0.4, -0.2) is 81.7 Å². The molecule has 5 aromatic rings. The van der Waals surface area contributed by atoms with Gasteiger partial charge in [0.05, 0.1) is 17.8 Å². The second-order valence-corrected chi connectivity index (χ2v) is 37.5. The van der Waals surface area contributed by atoms with E-state index in [4.69, 9.17) is 19.0 Å². The minimum absolute atomic E-state index is 0.0766. The molecule has 0 saturated carbocycles. The van der Waals surface area contributed by atoms with Crippen LogP contribution < -0.4 is 10.4 Å². The summed E-state index contributed by atoms with van der Waals surface area (Å²) in [6.45, 7) is 31.0. The standard InChI is InChI=1S/C50H76N4O4Si3/c1-38(35-58-61(49(2,3)4,41-20-16-14-17-21-41)42-22-18-15-19-23-42)52(7)48(55)40-25-24-39-32-45(53(44(39)33-40)36-56-28-30-59(8,9)10)47-43-26-27-50(5,6)34-46(43)54(51-47)37-57-29-31-60(11,12)13/h14-25,32-33,38,48,55H,26-31,34-37H2,1-13H3. The quantitative estimate of drug-likeness (QED) is 0.0506. The van der Waals surface area contributed by atoms with Gasteiger partial charge in [-0.15, -0.1) is 0 Å². The van der Waals surface area contributed by atoms with Gasteiger partial charge >= 0.3 is 0 Å². The maximum atomic E-state index is 12.1. The highest BCUT2D eigenvalue weighted by molar-refractivity contribution is 6.99. The van der Waals surface area contributed by atoms with Gasteiger partial charge in [0.1, 0.15) is 25.4 Å². The zero-order chi connectivity index (χ0) is 44.4. The number of nitrogens with zero attached hydrogens (tertiary/aromatic N) is 4. The van der Waals surface area contributed by atoms with Crippen molar-refractivity contribution in [3.05, 3.63) is 102 Å². The van der Waals surface area contributed by atoms with Crippen molar-refractivity contribution in [3.8, 4) is 11.4 Å². The number of fused-ring (bicyclic) bond motifs is 2. The predicted octanol–water partition coefficient (Wildman–Crippen LogP) is 10.5. The Hall–Kier alpha value is -3.14. The lowest BCUT2D eigenvalue weighted by Gasteiger charge is -2.44. The Kier molecular flexibility index (Phi) is 14.7. The summed E-state index contributed by atoms with van der Waals surface area (Å²) in [6, 6.07) is 32.3. The number of hydrogen-bond acceptors (Lipinski definition) is 6. The molecule has 0 bridgehead atoms. The Morgan fingerprint density at radius 1 is 0.820 bits per heavy atom. The van der Waals surface area contributed by atoms with Crippen molar-refractivity contribution in [3.63, 3.8) is 0 Å². The van der Waals surface area contributed by atoms with Crippen LogP contribution in [0.5, 0.6) is 0 Å². The minimum Gasteiger partial charge on any atom is -0.406 e. The molecule has 0 aliphatic heterocycles. The molecule has 0 amide bonds. The average molecular weight is 881 g/mol. The van der Waals surface area contributed by atoms with Crippen molar-refractivity contribution >= 4 is 45.7 Å². The molecule has 2 atom stereocenters. The van der Waals surface area contributed by atoms with Crippen LogP contribution in [0.4, 0.5) is 0 Å². The van der Waals surface area contributed by atoms with Crippen LogP contribution in [0.2, 0.25) is 56.4 Å². The van der Waals surface area contributed by atoms with E-state index < -0.39 is 30.7 Å². The number of hydrogen-bond donors (Lipinski definition) is 1. The van der Waals surface area contributed by atoms with E-state index in [-0.39, 0.29) is 16.5 Å². The Labute approximate surface area is 370 Å². The predicted molar refractivity (Wildman–Crippen MR) is 263 cm³/mol. The first kappa shape index (κ1) is 47.3. The van der Waals surface area contributed by atoms with Crippen LogP contribution in [0, 0.1) is 5.41 Å². The summed E-state index contributed by atoms with van der Waals surface area (Å²) in [7, 11) is -3.25. The molecule has 3 aromatic carbocycles. The highest BCUT2D eigenvalue weighted by Gasteiger charge is 2.50. The van der Waals surface area contributed by atoms with Crippen LogP contribution in [0.25, 0.3) is 22.3 Å². The highest BCUT2D eigenvalue weighted by atomic mass is 28.4. The summed E-state index contributed by atoms with van der Waals surface area (Å²) >= 11 is 0. The molecule has 0 saturated heterocycles. The molecular weight excluding hydrogens is 805 g/mol. The van der Waals surface area contributed by atoms with Crippen LogP contribution >= 0.6 is 0 Å². The van der Waals surface area contributed by atoms with Crippen molar-refractivity contribution in [1.29, 1.82) is 0 Å². The molecule has 0 fully saturated rings. The molecule has 2 aromatic heterocycles. The Bertz CT molecular complexity index is 2160. The van der Waals surface area contributed by atoms with Gasteiger partial charge in [-0.05, 0) is 83.8 Å². The topological polar surface area (TPSA) is 73.9 Å². The van der Waals surface area contributed by atoms with E-state index in [0.717, 1.165) is 65.8 Å². The van der Waals surface area contributed by atoms with E-state index in [2.05, 4.69) is 175 Å². The van der Waals surface area contributed by atoms with Gasteiger partial charge in [-0.1, -0.05) is 147 Å². The number of aliphatic hydroxyl groups is 1. The lowest BCUT2D eigenvalue weighted by atomic mass is 9.76. The summed E-state index contributed by atoms with van der Waals surface area (Å²) < 4.78 is 24.6. The Balaban J connectivity index is 1.32. The van der Waals surface area contributed by atoms with E-state index >= 15 is 0 Å². The number of aromatic nitrogens is 3. The zero-order valence-corrected chi connectivity index (χ0v) is 42.8. The third-order valence-electron chi connectivity index (χ3n) is 12.8. The first-order valence-electron chi connectivity index (χ1n) is 22.6. The largest absolute Gasteiger partial charge is 0.406 e. The fourth-order valence-electron chi connectivity index (χ4n) is 8.74. The molecule has 1 N–H and O–H groups in total. The van der Waals surface area contributed by atoms with E-state index in [0.29, 0.717) is 26.7 Å². The fraction of sp³-hybridized carbons (Fsp3) is 0.540. The number of benzene rings is 3. The van der Waals surface area contributed by atoms with Crippen molar-refractivity contribution in [2.45, 2.75) is 143 Å². The van der Waals surface area contributed by atoms with Crippen molar-refractivity contribution in [1.82, 2.24) is 19.2 Å². The monoisotopic (exact) mass is 881 g/mol. The first-order valence-corrected chi connectivity index (χ1v) is 32.0. The van der Waals surface area contributed by atoms with E-state index in [9.17, 15) is 5.11 Å². The average Bonchev–Trinajstić information content (AvgIpc) is 3.73. The normalized spacial score (nSPS) is 16.0. The molecule has 1 aliphatic carbocycles. The third-order valence-corrected chi connectivity index (χ3v) is 21.2. The molecule has 2 unspecified atom stereocenters. The summed E-state index contributed by atoms with van der Waals surface area (Å²) in [6.07, 6.45) is 2.22. The second kappa shape index (κ2) is 18.9. The van der Waals surface area contributed by atoms with Crippen molar-refractivity contribution in [2.75, 3.05) is 26.9 Å². The number of rotatable bonds is 19. The number of aliphatic hydroxyl groups excluding tert-OH is 1. The lowest BCUT2D eigenvalue weighted by molar-refractivity contribution is -0.0158. The lowest BCUT2D eigenvalue weighted by Crippen LogP contribution is -2.67. The fourth-order valence-corrected chi connectivity index (χ4v) is 14.9. The Morgan fingerprint density at radius 3 is 1.95 bits per heavy atom. The number of likely N-dealkylation sites (N-methyl/N-ethyl adjacent to an activating group) is 1. The molecule has 2 heterocycles. The van der Waals surface area contributed by atoms with Gasteiger partial charge in [-0.3, -0.25) is 4.90 Å². The van der Waals surface area contributed by atoms with Crippen molar-refractivity contribution < 1.29 is 19.0 Å². The first-order chi connectivity index (χ1) is 28.6. The molecule has 0 radical (unpaired) electrons. The SMILES string of the molecule is CC(CO[Si](c1ccccc1)(c1ccccc1)C(C)(C)C)N(C)C(O)c1ccc2cc(-c3nn(COCC[Si](C)(C)C)c4c3CCC(C)(C)C4)n(COCC[Si](C)(C)C)c2c1. The molecule has 332 valence electrons. The zero-order valence-electron chi connectivity index (χ0n) is 39.8. The van der Waals surface area contributed by atoms with E-state index in [1.807, 2.05) is 11.9 Å². The summed E-state index contributed by atoms with van der Waals surface area (Å²) in [5.74, 6) is 0. The van der Waals surface area contributed by atoms with Gasteiger partial charge in [0.25, 0.3) is 8.32 Å². The summed E-state index contributed by atoms with van der Waals surface area (Å²) in [5.41, 5.74) is 6.79. The van der Waals surface area contributed by atoms with E-state index in [1.54, 1.807) is 0 Å². The molecule has 6 rings (SSSR count). The van der Waals surface area contributed by atoms with Gasteiger partial charge in [0.2, 0.25) is 0 Å². The summed E-state index contributed by atoms with van der Waals surface area (Å²) in [4.78, 5) is 2.04. The maximum Gasteiger partial charge on any atom is 0.261 e. The molecule has 1 aliphatic rings. The van der Waals surface area contributed by atoms with Crippen LogP contribution in [-0.2, 0) is 40.2 Å². The second-order valence-electron chi connectivity index (χ2n) is 21.9. The number of ether oxygens (including phenoxy) is 2. The van der Waals surface area contributed by atoms with Crippen LogP contribution in [0.15, 0.2) is 84.9 Å². The van der Waals surface area contributed by atoms with Crippen LogP contribution in [0.1, 0.15) is 71.0 Å². The molecule has 11 heteroatoms. The molecule has 0 spiro atoms. The van der Waals surface area contributed by atoms with E-state index in [1.165, 1.54) is 21.6 Å². The van der Waals surface area contributed by atoms with Crippen LogP contribution in [0.3, 0.4) is 0 Å². The minimum atomic E-state index is -2.74. The van der Waals surface area contributed by atoms with Crippen molar-refractivity contribution in [2.24, 2.45) is 5.41 Å². The van der Waals surface area contributed by atoms with Gasteiger partial charge in [0, 0.05) is 52.0 Å². The maximum absolute atomic E-state index is 12.1. The third kappa shape index (κ3) is 11.2. The summed E-state index contributed by atoms with van der Waals surface area (Å²) in [5, 5.41) is 21.0. The van der Waals surface area contributed by atoms with Gasteiger partial charge in [0.15, 0.2) is 0 Å².